The third-order valence-corrected chi connectivity index (χ3v) is 11.8. The highest BCUT2D eigenvalue weighted by atomic mass is 79.9. The Bertz CT molecular complexity index is 921. The molecule has 4 fully saturated rings. The molecular weight excluding hydrogens is 644 g/mol. The van der Waals surface area contributed by atoms with Crippen LogP contribution in [0.5, 0.6) is 0 Å². The number of ketones is 2. The monoisotopic (exact) mass is 658 g/mol. The Morgan fingerprint density at radius 1 is 0.733 bits per heavy atom. The molecule has 0 N–H and O–H groups in total. The largest absolute Gasteiger partial charge is 0.347 e. The van der Waals surface area contributed by atoms with Crippen molar-refractivity contribution in [3.63, 3.8) is 0 Å². The molecule has 2 aliphatic heterocycles. The number of Topliss-reactive ketones (excluding diaryl/α,β-unsaturated/α-hetero) is 2. The molecule has 2 heterocycles. The summed E-state index contributed by atoms with van der Waals surface area (Å²) in [5.74, 6) is -0.487. The predicted molar refractivity (Wildman–Crippen MR) is 130 cm³/mol. The second-order valence-electron chi connectivity index (χ2n) is 8.22. The first-order valence-electron chi connectivity index (χ1n) is 9.80. The number of benzene rings is 2. The van der Waals surface area contributed by atoms with Crippen LogP contribution in [0.3, 0.4) is 0 Å². The van der Waals surface area contributed by atoms with Gasteiger partial charge in [-0.3, -0.25) is 9.59 Å². The Labute approximate surface area is 208 Å². The number of halogens is 4. The molecule has 2 aliphatic carbocycles. The Morgan fingerprint density at radius 2 is 1.10 bits per heavy atom. The maximum absolute atomic E-state index is 13.8. The van der Waals surface area contributed by atoms with E-state index in [1.165, 1.54) is 0 Å². The van der Waals surface area contributed by atoms with Crippen molar-refractivity contribution >= 4 is 75.3 Å². The molecule has 8 atom stereocenters. The van der Waals surface area contributed by atoms with Gasteiger partial charge in [0.25, 0.3) is 0 Å². The lowest BCUT2D eigenvalue weighted by Gasteiger charge is -2.65. The van der Waals surface area contributed by atoms with Gasteiger partial charge in [-0.2, -0.15) is 0 Å². The molecule has 3 nitrogen and oxygen atoms in total. The zero-order valence-electron chi connectivity index (χ0n) is 15.7. The van der Waals surface area contributed by atoms with Gasteiger partial charge in [-0.25, -0.2) is 0 Å². The highest BCUT2D eigenvalue weighted by Crippen LogP contribution is 2.66. The van der Waals surface area contributed by atoms with Crippen molar-refractivity contribution in [3.8, 4) is 0 Å². The molecular formula is C23H18Br4O3. The topological polar surface area (TPSA) is 43.4 Å². The first-order chi connectivity index (χ1) is 14.4. The number of alkyl halides is 4. The van der Waals surface area contributed by atoms with Gasteiger partial charge in [0.2, 0.25) is 0 Å². The smallest absolute Gasteiger partial charge is 0.171 e. The molecule has 0 radical (unpaired) electrons. The maximum Gasteiger partial charge on any atom is 0.171 e. The molecule has 2 aromatic rings. The molecule has 7 heteroatoms. The average molecular weight is 662 g/mol. The second kappa shape index (κ2) is 7.62. The SMILES string of the molecule is O=C1[C@@H]2C[C@H]3C(=O)[C@](C(Br)c4ccccc4)(O[C@]1(C(Br)c1ccccc1)C3Br)C2Br. The number of rotatable bonds is 4. The van der Waals surface area contributed by atoms with Gasteiger partial charge >= 0.3 is 0 Å². The summed E-state index contributed by atoms with van der Waals surface area (Å²) in [5.41, 5.74) is -0.435. The Balaban J connectivity index is 1.69. The predicted octanol–water partition coefficient (Wildman–Crippen LogP) is 6.08. The fourth-order valence-electron chi connectivity index (χ4n) is 5.31. The van der Waals surface area contributed by atoms with Crippen LogP contribution in [0, 0.1) is 11.8 Å². The van der Waals surface area contributed by atoms with Crippen molar-refractivity contribution in [3.05, 3.63) is 71.8 Å². The number of ether oxygens (including phenoxy) is 1. The van der Waals surface area contributed by atoms with Crippen LogP contribution in [0.2, 0.25) is 0 Å². The molecule has 2 saturated heterocycles. The third kappa shape index (κ3) is 2.68. The van der Waals surface area contributed by atoms with Crippen LogP contribution in [-0.4, -0.2) is 32.4 Å². The van der Waals surface area contributed by atoms with Crippen molar-refractivity contribution in [2.45, 2.75) is 36.9 Å². The lowest BCUT2D eigenvalue weighted by Crippen LogP contribution is -2.81. The summed E-state index contributed by atoms with van der Waals surface area (Å²) in [7, 11) is 0. The number of hydrogen-bond acceptors (Lipinski definition) is 3. The molecule has 4 unspecified atom stereocenters. The lowest BCUT2D eigenvalue weighted by atomic mass is 9.54. The summed E-state index contributed by atoms with van der Waals surface area (Å²) < 4.78 is 6.79. The van der Waals surface area contributed by atoms with Crippen LogP contribution in [0.25, 0.3) is 0 Å². The van der Waals surface area contributed by atoms with E-state index in [9.17, 15) is 9.59 Å². The van der Waals surface area contributed by atoms with E-state index in [1.54, 1.807) is 0 Å². The molecule has 156 valence electrons. The van der Waals surface area contributed by atoms with Crippen LogP contribution in [0.4, 0.5) is 0 Å². The van der Waals surface area contributed by atoms with E-state index in [4.69, 9.17) is 4.74 Å². The van der Waals surface area contributed by atoms with Crippen molar-refractivity contribution in [1.82, 2.24) is 0 Å². The molecule has 2 saturated carbocycles. The van der Waals surface area contributed by atoms with Gasteiger partial charge in [-0.1, -0.05) is 124 Å². The number of carbonyl (C=O) groups is 2. The van der Waals surface area contributed by atoms with Gasteiger partial charge in [0, 0.05) is 11.8 Å². The van der Waals surface area contributed by atoms with E-state index in [0.29, 0.717) is 6.42 Å². The minimum absolute atomic E-state index is 0.0455. The molecule has 4 bridgehead atoms. The first kappa shape index (κ1) is 21.5. The molecule has 6 rings (SSSR count). The van der Waals surface area contributed by atoms with Gasteiger partial charge in [-0.15, -0.1) is 0 Å². The first-order valence-corrected chi connectivity index (χ1v) is 13.5. The van der Waals surface area contributed by atoms with Crippen LogP contribution in [0.1, 0.15) is 27.2 Å². The Hall–Kier alpha value is -0.340. The van der Waals surface area contributed by atoms with Gasteiger partial charge in [-0.05, 0) is 17.5 Å². The van der Waals surface area contributed by atoms with Crippen molar-refractivity contribution in [2.75, 3.05) is 0 Å². The summed E-state index contributed by atoms with van der Waals surface area (Å²) in [6, 6.07) is 19.6. The minimum Gasteiger partial charge on any atom is -0.347 e. The molecule has 4 aliphatic rings. The molecule has 0 amide bonds. The fourth-order valence-corrected chi connectivity index (χ4v) is 9.91. The van der Waals surface area contributed by atoms with E-state index in [-0.39, 0.29) is 33.1 Å². The van der Waals surface area contributed by atoms with Crippen molar-refractivity contribution in [2.24, 2.45) is 11.8 Å². The molecule has 2 aromatic carbocycles. The van der Waals surface area contributed by atoms with E-state index in [2.05, 4.69) is 63.7 Å². The van der Waals surface area contributed by atoms with Gasteiger partial charge in [0.15, 0.2) is 22.8 Å². The molecule has 0 spiro atoms. The Morgan fingerprint density at radius 3 is 1.47 bits per heavy atom. The summed E-state index contributed by atoms with van der Waals surface area (Å²) in [6.45, 7) is 0. The third-order valence-electron chi connectivity index (χ3n) is 6.75. The van der Waals surface area contributed by atoms with Crippen molar-refractivity contribution in [1.29, 1.82) is 0 Å². The zero-order chi connectivity index (χ0) is 21.3. The second-order valence-corrected chi connectivity index (χ2v) is 12.0. The standard InChI is InChI=1S/C23H18Br4O3/c24-16(12-7-3-1-4-8-12)22-18(26)14-11-15(20(22)28)19(27)23(30-22,21(14)29)17(25)13-9-5-2-6-10-13/h1-10,14-19H,11H2/t14-,15-,16?,17?,18?,19?,22-,23-/m1/s1. The van der Waals surface area contributed by atoms with Gasteiger partial charge in [0.1, 0.15) is 0 Å². The van der Waals surface area contributed by atoms with Crippen LogP contribution >= 0.6 is 63.7 Å². The van der Waals surface area contributed by atoms with E-state index in [0.717, 1.165) is 11.1 Å². The number of hydrogen-bond donors (Lipinski definition) is 0. The maximum atomic E-state index is 13.8. The highest BCUT2D eigenvalue weighted by molar-refractivity contribution is 9.10. The van der Waals surface area contributed by atoms with Crippen LogP contribution in [-0.2, 0) is 14.3 Å². The van der Waals surface area contributed by atoms with E-state index < -0.39 is 20.9 Å². The van der Waals surface area contributed by atoms with Gasteiger partial charge < -0.3 is 4.74 Å². The summed E-state index contributed by atoms with van der Waals surface area (Å²) in [5, 5.41) is 0. The fraction of sp³-hybridized carbons (Fsp3) is 0.391. The van der Waals surface area contributed by atoms with Crippen LogP contribution < -0.4 is 0 Å². The van der Waals surface area contributed by atoms with Gasteiger partial charge in [0.05, 0.1) is 19.3 Å². The lowest BCUT2D eigenvalue weighted by molar-refractivity contribution is -0.232. The minimum atomic E-state index is -1.17. The normalized spacial score (nSPS) is 39.2. The average Bonchev–Trinajstić information content (AvgIpc) is 2.78. The highest BCUT2D eigenvalue weighted by Gasteiger charge is 2.78. The van der Waals surface area contributed by atoms with Crippen molar-refractivity contribution < 1.29 is 14.3 Å². The zero-order valence-corrected chi connectivity index (χ0v) is 22.0. The van der Waals surface area contributed by atoms with Crippen LogP contribution in [0.15, 0.2) is 60.7 Å². The summed E-state index contributed by atoms with van der Waals surface area (Å²) in [6.07, 6.45) is 0.541. The molecule has 30 heavy (non-hydrogen) atoms. The summed E-state index contributed by atoms with van der Waals surface area (Å²) >= 11 is 15.1. The number of carbonyl (C=O) groups excluding carboxylic acids is 2. The Kier molecular flexibility index (Phi) is 5.46. The van der Waals surface area contributed by atoms with E-state index >= 15 is 0 Å². The van der Waals surface area contributed by atoms with E-state index in [1.807, 2.05) is 60.7 Å². The molecule has 0 aromatic heterocycles. The summed E-state index contributed by atoms with van der Waals surface area (Å²) in [4.78, 5) is 26.1. The quantitative estimate of drug-likeness (QED) is 0.373.